The number of benzene rings is 8. The van der Waals surface area contributed by atoms with Gasteiger partial charge in [0.1, 0.15) is 11.5 Å². The van der Waals surface area contributed by atoms with E-state index in [0.717, 1.165) is 34.2 Å². The fraction of sp³-hybridized carbons (Fsp3) is 0. The van der Waals surface area contributed by atoms with Gasteiger partial charge >= 0.3 is 0 Å². The van der Waals surface area contributed by atoms with Crippen molar-refractivity contribution in [2.75, 3.05) is 4.90 Å². The van der Waals surface area contributed by atoms with Gasteiger partial charge in [-0.05, 0) is 98.6 Å². The van der Waals surface area contributed by atoms with Crippen molar-refractivity contribution in [3.8, 4) is 28.3 Å². The van der Waals surface area contributed by atoms with Gasteiger partial charge in [-0.25, -0.2) is 0 Å². The highest BCUT2D eigenvalue weighted by molar-refractivity contribution is 7.23. The maximum atomic E-state index is 6.83. The molecule has 0 fully saturated rings. The highest BCUT2D eigenvalue weighted by Gasteiger charge is 2.53. The molecule has 8 aromatic carbocycles. The van der Waals surface area contributed by atoms with Crippen molar-refractivity contribution in [3.63, 3.8) is 0 Å². The van der Waals surface area contributed by atoms with Crippen LogP contribution in [0.15, 0.2) is 194 Å². The molecule has 11 rings (SSSR count). The van der Waals surface area contributed by atoms with E-state index in [9.17, 15) is 0 Å². The van der Waals surface area contributed by atoms with Crippen molar-refractivity contribution < 1.29 is 4.74 Å². The maximum absolute atomic E-state index is 6.83. The Bertz CT molecular complexity index is 2800. The molecule has 0 unspecified atom stereocenters. The van der Waals surface area contributed by atoms with Crippen molar-refractivity contribution in [2.24, 2.45) is 0 Å². The number of hydrogen-bond donors (Lipinski definition) is 0. The quantitative estimate of drug-likeness (QED) is 0.172. The number of hydrogen-bond acceptors (Lipinski definition) is 2. The fourth-order valence-corrected chi connectivity index (χ4v) is 14.4. The van der Waals surface area contributed by atoms with Gasteiger partial charge in [0, 0.05) is 27.8 Å². The van der Waals surface area contributed by atoms with E-state index >= 15 is 0 Å². The minimum absolute atomic E-state index is 0.938. The van der Waals surface area contributed by atoms with E-state index in [2.05, 4.69) is 204 Å². The van der Waals surface area contributed by atoms with E-state index in [1.54, 1.807) is 0 Å². The van der Waals surface area contributed by atoms with Gasteiger partial charge in [-0.2, -0.15) is 0 Å². The Balaban J connectivity index is 1.22. The Morgan fingerprint density at radius 2 is 1.02 bits per heavy atom. The third-order valence-corrected chi connectivity index (χ3v) is 15.9. The van der Waals surface area contributed by atoms with E-state index < -0.39 is 8.07 Å². The zero-order chi connectivity index (χ0) is 34.2. The number of aromatic nitrogens is 1. The SMILES string of the molecule is c1ccc(N(c2ccc3c(c2)[Si]2(c4ccccc4O3)c3ccccc3-c3ccccc32)c2cccc3c2c2ccccc2n3-c2ccccc2)cc1. The number of rotatable bonds is 4. The normalized spacial score (nSPS) is 13.3. The van der Waals surface area contributed by atoms with E-state index in [-0.39, 0.29) is 0 Å². The molecule has 0 aliphatic carbocycles. The number of para-hydroxylation sites is 4. The lowest BCUT2D eigenvalue weighted by Crippen LogP contribution is -2.74. The van der Waals surface area contributed by atoms with Crippen molar-refractivity contribution in [1.29, 1.82) is 0 Å². The van der Waals surface area contributed by atoms with Crippen molar-refractivity contribution in [1.82, 2.24) is 4.57 Å². The van der Waals surface area contributed by atoms with Crippen LogP contribution < -0.4 is 30.4 Å². The van der Waals surface area contributed by atoms with Crippen molar-refractivity contribution in [2.45, 2.75) is 0 Å². The highest BCUT2D eigenvalue weighted by Crippen LogP contribution is 2.45. The molecule has 0 radical (unpaired) electrons. The Morgan fingerprint density at radius 3 is 1.79 bits per heavy atom. The molecule has 0 amide bonds. The van der Waals surface area contributed by atoms with Gasteiger partial charge in [-0.1, -0.05) is 127 Å². The van der Waals surface area contributed by atoms with Gasteiger partial charge < -0.3 is 14.2 Å². The third kappa shape index (κ3) is 3.95. The second-order valence-electron chi connectivity index (χ2n) is 13.7. The van der Waals surface area contributed by atoms with Gasteiger partial charge in [0.05, 0.1) is 16.7 Å². The third-order valence-electron chi connectivity index (χ3n) is 11.0. The van der Waals surface area contributed by atoms with Crippen LogP contribution in [0, 0.1) is 0 Å². The van der Waals surface area contributed by atoms with Crippen LogP contribution in [-0.2, 0) is 0 Å². The predicted molar refractivity (Wildman–Crippen MR) is 218 cm³/mol. The zero-order valence-corrected chi connectivity index (χ0v) is 29.3. The van der Waals surface area contributed by atoms with Crippen LogP contribution in [0.2, 0.25) is 0 Å². The second-order valence-corrected chi connectivity index (χ2v) is 17.3. The number of anilines is 3. The number of nitrogens with zero attached hydrogens (tertiary/aromatic N) is 2. The molecule has 0 bridgehead atoms. The molecule has 0 saturated heterocycles. The average molecular weight is 681 g/mol. The summed E-state index contributed by atoms with van der Waals surface area (Å²) in [5, 5.41) is 7.86. The molecule has 52 heavy (non-hydrogen) atoms. The zero-order valence-electron chi connectivity index (χ0n) is 28.3. The van der Waals surface area contributed by atoms with Gasteiger partial charge in [-0.3, -0.25) is 0 Å². The summed E-state index contributed by atoms with van der Waals surface area (Å²) < 4.78 is 9.23. The van der Waals surface area contributed by atoms with Crippen molar-refractivity contribution >= 4 is 67.7 Å². The maximum Gasteiger partial charge on any atom is 0.189 e. The van der Waals surface area contributed by atoms with Gasteiger partial charge in [0.2, 0.25) is 0 Å². The summed E-state index contributed by atoms with van der Waals surface area (Å²) in [6.07, 6.45) is 0. The van der Waals surface area contributed by atoms with Crippen molar-refractivity contribution in [3.05, 3.63) is 194 Å². The number of ether oxygens (including phenoxy) is 1. The van der Waals surface area contributed by atoms with Crippen LogP contribution in [-0.4, -0.2) is 12.6 Å². The highest BCUT2D eigenvalue weighted by atomic mass is 28.3. The Hall–Kier alpha value is -6.62. The van der Waals surface area contributed by atoms with Gasteiger partial charge in [0.15, 0.2) is 8.07 Å². The molecule has 4 heteroatoms. The van der Waals surface area contributed by atoms with E-state index in [1.165, 1.54) is 53.7 Å². The van der Waals surface area contributed by atoms with Crippen LogP contribution >= 0.6 is 0 Å². The first-order valence-electron chi connectivity index (χ1n) is 17.9. The summed E-state index contributed by atoms with van der Waals surface area (Å²) in [5.74, 6) is 1.90. The molecule has 1 aromatic heterocycles. The molecule has 9 aromatic rings. The van der Waals surface area contributed by atoms with Crippen LogP contribution in [0.25, 0.3) is 38.6 Å². The van der Waals surface area contributed by atoms with Crippen LogP contribution in [0.5, 0.6) is 11.5 Å². The molecule has 0 saturated carbocycles. The summed E-state index contributed by atoms with van der Waals surface area (Å²) in [6.45, 7) is 0. The monoisotopic (exact) mass is 680 g/mol. The lowest BCUT2D eigenvalue weighted by atomic mass is 10.1. The first-order chi connectivity index (χ1) is 25.8. The first kappa shape index (κ1) is 29.1. The molecule has 3 nitrogen and oxygen atoms in total. The molecule has 2 aliphatic rings. The predicted octanol–water partition coefficient (Wildman–Crippen LogP) is 9.72. The summed E-state index contributed by atoms with van der Waals surface area (Å²) >= 11 is 0. The lowest BCUT2D eigenvalue weighted by Gasteiger charge is -2.38. The Morgan fingerprint density at radius 1 is 0.423 bits per heavy atom. The molecular formula is C48H32N2OSi. The Kier molecular flexibility index (Phi) is 6.27. The minimum Gasteiger partial charge on any atom is -0.458 e. The number of fused-ring (bicyclic) bond motifs is 12. The van der Waals surface area contributed by atoms with E-state index in [1.807, 2.05) is 0 Å². The summed E-state index contributed by atoms with van der Waals surface area (Å²) in [4.78, 5) is 2.44. The smallest absolute Gasteiger partial charge is 0.189 e. The van der Waals surface area contributed by atoms with Crippen LogP contribution in [0.4, 0.5) is 17.1 Å². The minimum atomic E-state index is -2.77. The summed E-state index contributed by atoms with van der Waals surface area (Å²) in [5.41, 5.74) is 9.50. The van der Waals surface area contributed by atoms with Crippen LogP contribution in [0.1, 0.15) is 0 Å². The van der Waals surface area contributed by atoms with Crippen LogP contribution in [0.3, 0.4) is 0 Å². The average Bonchev–Trinajstić information content (AvgIpc) is 3.71. The fourth-order valence-electron chi connectivity index (χ4n) is 9.03. The molecule has 0 atom stereocenters. The standard InChI is InChI=1S/C48H32N2OSi/c1-3-16-33(17-4-1)49(40-24-15-25-41-48(40)38-22-7-10-23-39(38)50(41)34-18-5-2-6-19-34)35-30-31-43-47(32-35)52(46-29-14-11-26-42(46)51-43)44-27-12-8-20-36(44)37-21-9-13-28-45(37)52/h1-32H. The van der Waals surface area contributed by atoms with Gasteiger partial charge in [-0.15, -0.1) is 0 Å². The summed E-state index contributed by atoms with van der Waals surface area (Å²) in [7, 11) is -2.77. The molecule has 3 heterocycles. The molecule has 2 aliphatic heterocycles. The van der Waals surface area contributed by atoms with Gasteiger partial charge in [0.25, 0.3) is 0 Å². The largest absolute Gasteiger partial charge is 0.458 e. The van der Waals surface area contributed by atoms with E-state index in [0.29, 0.717) is 0 Å². The molecule has 1 spiro atoms. The van der Waals surface area contributed by atoms with E-state index in [4.69, 9.17) is 4.74 Å². The molecular weight excluding hydrogens is 649 g/mol. The molecule has 244 valence electrons. The molecule has 0 N–H and O–H groups in total. The first-order valence-corrected chi connectivity index (χ1v) is 19.9. The second kappa shape index (κ2) is 11.2. The summed E-state index contributed by atoms with van der Waals surface area (Å²) in [6, 6.07) is 70.7. The topological polar surface area (TPSA) is 17.4 Å². The Labute approximate surface area is 303 Å². The lowest BCUT2D eigenvalue weighted by molar-refractivity contribution is 0.487.